The maximum Gasteiger partial charge on any atom is 0.246 e. The lowest BCUT2D eigenvalue weighted by Crippen LogP contribution is -1.87. The van der Waals surface area contributed by atoms with Crippen LogP contribution in [0.1, 0.15) is 0 Å². The van der Waals surface area contributed by atoms with E-state index in [0.29, 0.717) is 5.71 Å². The van der Waals surface area contributed by atoms with Crippen LogP contribution in [0.25, 0.3) is 75.7 Å². The molecule has 0 aliphatic carbocycles. The summed E-state index contributed by atoms with van der Waals surface area (Å²) in [7, 11) is 0. The van der Waals surface area contributed by atoms with Crippen LogP contribution in [0, 0.1) is 0 Å². The van der Waals surface area contributed by atoms with Crippen LogP contribution in [0.15, 0.2) is 114 Å². The summed E-state index contributed by atoms with van der Waals surface area (Å²) in [6.07, 6.45) is 0. The lowest BCUT2D eigenvalue weighted by atomic mass is 9.97. The molecule has 3 heterocycles. The zero-order chi connectivity index (χ0) is 23.6. The Bertz CT molecular complexity index is 2120. The second kappa shape index (κ2) is 7.48. The van der Waals surface area contributed by atoms with E-state index in [1.54, 1.807) is 0 Å². The zero-order valence-corrected chi connectivity index (χ0v) is 19.9. The average molecular weight is 479 g/mol. The summed E-state index contributed by atoms with van der Waals surface area (Å²) in [5, 5.41) is 3.63. The smallest absolute Gasteiger partial charge is 0.246 e. The summed E-state index contributed by atoms with van der Waals surface area (Å²) < 4.78 is 8.57. The SMILES string of the molecule is c1cc(-c2ccc3nc4oc5ccccc5c4nc3c2)cc(-c2cccc3c2sc2ccccc23)c1. The van der Waals surface area contributed by atoms with Crippen molar-refractivity contribution in [2.45, 2.75) is 0 Å². The number of rotatable bonds is 2. The Hall–Kier alpha value is -4.54. The number of para-hydroxylation sites is 1. The van der Waals surface area contributed by atoms with Crippen LogP contribution in [0.2, 0.25) is 0 Å². The van der Waals surface area contributed by atoms with Crippen molar-refractivity contribution < 1.29 is 4.42 Å². The van der Waals surface area contributed by atoms with E-state index < -0.39 is 0 Å². The first-order valence-electron chi connectivity index (χ1n) is 11.9. The molecule has 0 saturated heterocycles. The van der Waals surface area contributed by atoms with E-state index in [-0.39, 0.29) is 0 Å². The molecule has 3 aromatic heterocycles. The fourth-order valence-corrected chi connectivity index (χ4v) is 6.40. The number of fused-ring (bicyclic) bond motifs is 7. The number of furan rings is 1. The molecule has 0 atom stereocenters. The van der Waals surface area contributed by atoms with Crippen molar-refractivity contribution in [2.75, 3.05) is 0 Å². The van der Waals surface area contributed by atoms with Gasteiger partial charge in [0.15, 0.2) is 0 Å². The normalized spacial score (nSPS) is 11.9. The molecule has 8 aromatic rings. The van der Waals surface area contributed by atoms with Gasteiger partial charge >= 0.3 is 0 Å². The molecule has 0 radical (unpaired) electrons. The highest BCUT2D eigenvalue weighted by molar-refractivity contribution is 7.26. The van der Waals surface area contributed by atoms with Gasteiger partial charge in [0.05, 0.1) is 11.0 Å². The Morgan fingerprint density at radius 2 is 1.33 bits per heavy atom. The molecular formula is C32H18N2OS. The standard InChI is InChI=1S/C32H18N2OS/c1-3-13-28-25(10-1)30-32(35-28)34-26-16-15-20(18-27(26)33-30)19-7-5-8-21(17-19)22-11-6-12-24-23-9-2-4-14-29(23)36-31(22)24/h1-18H. The van der Waals surface area contributed by atoms with E-state index in [9.17, 15) is 0 Å². The number of thiophene rings is 1. The molecule has 0 aliphatic rings. The van der Waals surface area contributed by atoms with Crippen molar-refractivity contribution in [1.29, 1.82) is 0 Å². The van der Waals surface area contributed by atoms with Crippen molar-refractivity contribution in [3.8, 4) is 22.3 Å². The molecule has 8 rings (SSSR count). The van der Waals surface area contributed by atoms with Gasteiger partial charge in [0.1, 0.15) is 11.1 Å². The first-order valence-corrected chi connectivity index (χ1v) is 12.7. The van der Waals surface area contributed by atoms with E-state index in [1.165, 1.54) is 31.3 Å². The van der Waals surface area contributed by atoms with Crippen LogP contribution in [0.3, 0.4) is 0 Å². The van der Waals surface area contributed by atoms with Gasteiger partial charge in [-0.3, -0.25) is 0 Å². The predicted molar refractivity (Wildman–Crippen MR) is 151 cm³/mol. The minimum Gasteiger partial charge on any atom is -0.436 e. The summed E-state index contributed by atoms with van der Waals surface area (Å²) in [6.45, 7) is 0. The molecule has 5 aromatic carbocycles. The summed E-state index contributed by atoms with van der Waals surface area (Å²) in [4.78, 5) is 9.69. The van der Waals surface area contributed by atoms with Gasteiger partial charge in [-0.25, -0.2) is 9.97 Å². The van der Waals surface area contributed by atoms with Crippen molar-refractivity contribution in [3.63, 3.8) is 0 Å². The molecule has 0 N–H and O–H groups in total. The summed E-state index contributed by atoms with van der Waals surface area (Å²) in [5.41, 5.74) is 8.65. The molecule has 4 heteroatoms. The van der Waals surface area contributed by atoms with Crippen LogP contribution in [0.4, 0.5) is 0 Å². The largest absolute Gasteiger partial charge is 0.436 e. The molecule has 0 aliphatic heterocycles. The Morgan fingerprint density at radius 3 is 2.31 bits per heavy atom. The second-order valence-electron chi connectivity index (χ2n) is 9.04. The molecule has 0 spiro atoms. The summed E-state index contributed by atoms with van der Waals surface area (Å²) in [5.74, 6) is 0. The van der Waals surface area contributed by atoms with Crippen LogP contribution in [-0.2, 0) is 0 Å². The number of hydrogen-bond acceptors (Lipinski definition) is 4. The summed E-state index contributed by atoms with van der Waals surface area (Å²) >= 11 is 1.86. The van der Waals surface area contributed by atoms with Crippen molar-refractivity contribution in [3.05, 3.63) is 109 Å². The average Bonchev–Trinajstić information content (AvgIpc) is 3.49. The quantitative estimate of drug-likeness (QED) is 0.248. The Kier molecular flexibility index (Phi) is 4.10. The Labute approximate surface area is 210 Å². The van der Waals surface area contributed by atoms with Crippen LogP contribution in [-0.4, -0.2) is 9.97 Å². The van der Waals surface area contributed by atoms with Crippen LogP contribution in [0.5, 0.6) is 0 Å². The molecular weight excluding hydrogens is 460 g/mol. The number of aromatic nitrogens is 2. The summed E-state index contributed by atoms with van der Waals surface area (Å²) in [6, 6.07) is 38.3. The minimum absolute atomic E-state index is 0.579. The minimum atomic E-state index is 0.579. The molecule has 0 unspecified atom stereocenters. The van der Waals surface area contributed by atoms with Crippen molar-refractivity contribution in [2.24, 2.45) is 0 Å². The van der Waals surface area contributed by atoms with Gasteiger partial charge in [-0.2, -0.15) is 0 Å². The second-order valence-corrected chi connectivity index (χ2v) is 10.1. The third-order valence-corrected chi connectivity index (χ3v) is 8.11. The number of nitrogens with zero attached hydrogens (tertiary/aromatic N) is 2. The third kappa shape index (κ3) is 2.92. The topological polar surface area (TPSA) is 38.9 Å². The van der Waals surface area contributed by atoms with E-state index >= 15 is 0 Å². The van der Waals surface area contributed by atoms with E-state index in [0.717, 1.165) is 38.6 Å². The first-order chi connectivity index (χ1) is 17.8. The van der Waals surface area contributed by atoms with Gasteiger partial charge in [0, 0.05) is 25.6 Å². The number of benzene rings is 5. The van der Waals surface area contributed by atoms with Gasteiger partial charge in [-0.1, -0.05) is 72.8 Å². The Balaban J connectivity index is 1.28. The fourth-order valence-electron chi connectivity index (χ4n) is 5.16. The molecule has 0 saturated carbocycles. The lowest BCUT2D eigenvalue weighted by molar-refractivity contribution is 0.655. The van der Waals surface area contributed by atoms with Gasteiger partial charge in [0.2, 0.25) is 5.71 Å². The maximum atomic E-state index is 5.92. The Morgan fingerprint density at radius 1 is 0.556 bits per heavy atom. The molecule has 36 heavy (non-hydrogen) atoms. The van der Waals surface area contributed by atoms with E-state index in [1.807, 2.05) is 41.7 Å². The van der Waals surface area contributed by atoms with Crippen LogP contribution >= 0.6 is 11.3 Å². The lowest BCUT2D eigenvalue weighted by Gasteiger charge is -2.08. The fraction of sp³-hybridized carbons (Fsp3) is 0. The molecule has 0 amide bonds. The van der Waals surface area contributed by atoms with Gasteiger partial charge in [-0.15, -0.1) is 11.3 Å². The van der Waals surface area contributed by atoms with E-state index in [4.69, 9.17) is 14.4 Å². The van der Waals surface area contributed by atoms with Gasteiger partial charge < -0.3 is 4.42 Å². The maximum absolute atomic E-state index is 5.92. The highest BCUT2D eigenvalue weighted by Crippen LogP contribution is 2.40. The molecule has 0 bridgehead atoms. The zero-order valence-electron chi connectivity index (χ0n) is 19.1. The molecule has 168 valence electrons. The van der Waals surface area contributed by atoms with Crippen molar-refractivity contribution in [1.82, 2.24) is 9.97 Å². The predicted octanol–water partition coefficient (Wildman–Crippen LogP) is 9.23. The highest BCUT2D eigenvalue weighted by atomic mass is 32.1. The first kappa shape index (κ1) is 19.7. The van der Waals surface area contributed by atoms with Crippen molar-refractivity contribution >= 4 is 64.7 Å². The van der Waals surface area contributed by atoms with Gasteiger partial charge in [0.25, 0.3) is 0 Å². The molecule has 0 fully saturated rings. The van der Waals surface area contributed by atoms with Crippen LogP contribution < -0.4 is 0 Å². The third-order valence-electron chi connectivity index (χ3n) is 6.89. The highest BCUT2D eigenvalue weighted by Gasteiger charge is 2.13. The molecule has 3 nitrogen and oxygen atoms in total. The monoisotopic (exact) mass is 478 g/mol. The van der Waals surface area contributed by atoms with Gasteiger partial charge in [-0.05, 0) is 58.7 Å². The number of hydrogen-bond donors (Lipinski definition) is 0. The van der Waals surface area contributed by atoms with E-state index in [2.05, 4.69) is 78.9 Å².